The zero-order valence-corrected chi connectivity index (χ0v) is 16.5. The summed E-state index contributed by atoms with van der Waals surface area (Å²) in [5, 5.41) is 2.97. The first-order chi connectivity index (χ1) is 14.1. The van der Waals surface area contributed by atoms with Crippen molar-refractivity contribution in [3.05, 3.63) is 65.9 Å². The van der Waals surface area contributed by atoms with Crippen molar-refractivity contribution >= 4 is 29.3 Å². The van der Waals surface area contributed by atoms with Gasteiger partial charge in [0.1, 0.15) is 0 Å². The Balaban J connectivity index is 1.44. The Bertz CT molecular complexity index is 917. The van der Waals surface area contributed by atoms with Crippen LogP contribution in [-0.4, -0.2) is 43.0 Å². The number of carbonyl (C=O) groups excluding carboxylic acids is 2. The average Bonchev–Trinajstić information content (AvgIpc) is 2.75. The summed E-state index contributed by atoms with van der Waals surface area (Å²) in [6.45, 7) is 4.75. The topological polar surface area (TPSA) is 61.9 Å². The summed E-state index contributed by atoms with van der Waals surface area (Å²) < 4.78 is 5.39. The molecule has 2 aromatic rings. The summed E-state index contributed by atoms with van der Waals surface area (Å²) in [7, 11) is 0. The van der Waals surface area contributed by atoms with Gasteiger partial charge in [-0.05, 0) is 41.5 Å². The lowest BCUT2D eigenvalue weighted by Crippen LogP contribution is -2.36. The molecule has 1 N–H and O–H groups in total. The molecule has 1 fully saturated rings. The molecule has 0 spiro atoms. The number of carbonyl (C=O) groups is 2. The van der Waals surface area contributed by atoms with Gasteiger partial charge in [-0.15, -0.1) is 0 Å². The van der Waals surface area contributed by atoms with Crippen LogP contribution in [0.25, 0.3) is 6.08 Å². The molecule has 1 atom stereocenters. The second kappa shape index (κ2) is 8.49. The van der Waals surface area contributed by atoms with Gasteiger partial charge in [-0.3, -0.25) is 9.59 Å². The number of morpholine rings is 1. The largest absolute Gasteiger partial charge is 0.378 e. The lowest BCUT2D eigenvalue weighted by molar-refractivity contribution is -0.129. The smallest absolute Gasteiger partial charge is 0.226 e. The third-order valence-corrected chi connectivity index (χ3v) is 5.38. The number of hydrogen-bond acceptors (Lipinski definition) is 4. The highest BCUT2D eigenvalue weighted by atomic mass is 16.5. The highest BCUT2D eigenvalue weighted by Crippen LogP contribution is 2.33. The lowest BCUT2D eigenvalue weighted by atomic mass is 9.93. The molecule has 6 nitrogen and oxygen atoms in total. The second-order valence-corrected chi connectivity index (χ2v) is 7.29. The molecule has 2 aliphatic rings. The van der Waals surface area contributed by atoms with Gasteiger partial charge in [0, 0.05) is 37.6 Å². The van der Waals surface area contributed by atoms with Crippen molar-refractivity contribution in [1.29, 1.82) is 0 Å². The molecule has 1 saturated heterocycles. The van der Waals surface area contributed by atoms with Crippen molar-refractivity contribution in [2.24, 2.45) is 0 Å². The summed E-state index contributed by atoms with van der Waals surface area (Å²) in [4.78, 5) is 28.7. The van der Waals surface area contributed by atoms with Gasteiger partial charge in [-0.2, -0.15) is 0 Å². The van der Waals surface area contributed by atoms with Gasteiger partial charge >= 0.3 is 0 Å². The van der Waals surface area contributed by atoms with Gasteiger partial charge in [0.15, 0.2) is 0 Å². The maximum Gasteiger partial charge on any atom is 0.226 e. The number of fused-ring (bicyclic) bond motifs is 1. The Labute approximate surface area is 170 Å². The Morgan fingerprint density at radius 3 is 2.52 bits per heavy atom. The molecule has 2 aromatic carbocycles. The van der Waals surface area contributed by atoms with E-state index in [4.69, 9.17) is 4.74 Å². The van der Waals surface area contributed by atoms with Crippen molar-refractivity contribution in [2.75, 3.05) is 36.5 Å². The summed E-state index contributed by atoms with van der Waals surface area (Å²) >= 11 is 0. The quantitative estimate of drug-likeness (QED) is 0.868. The minimum absolute atomic E-state index is 0.0802. The fourth-order valence-corrected chi connectivity index (χ4v) is 3.88. The maximum atomic E-state index is 12.7. The van der Waals surface area contributed by atoms with Crippen LogP contribution in [0.5, 0.6) is 0 Å². The number of ether oxygens (including phenoxy) is 1. The van der Waals surface area contributed by atoms with Crippen LogP contribution in [0.15, 0.2) is 54.7 Å². The Kier molecular flexibility index (Phi) is 5.62. The predicted octanol–water partition coefficient (Wildman–Crippen LogP) is 3.43. The van der Waals surface area contributed by atoms with Gasteiger partial charge < -0.3 is 19.9 Å². The molecule has 150 valence electrons. The van der Waals surface area contributed by atoms with Crippen LogP contribution < -0.4 is 10.2 Å². The third-order valence-electron chi connectivity index (χ3n) is 5.38. The van der Waals surface area contributed by atoms with E-state index in [2.05, 4.69) is 10.2 Å². The first-order valence-electron chi connectivity index (χ1n) is 9.90. The second-order valence-electron chi connectivity index (χ2n) is 7.29. The number of nitrogens with one attached hydrogen (secondary N) is 1. The van der Waals surface area contributed by atoms with E-state index in [-0.39, 0.29) is 24.3 Å². The van der Waals surface area contributed by atoms with Crippen molar-refractivity contribution in [3.63, 3.8) is 0 Å². The monoisotopic (exact) mass is 391 g/mol. The number of benzene rings is 2. The summed E-state index contributed by atoms with van der Waals surface area (Å²) in [6, 6.07) is 15.4. The van der Waals surface area contributed by atoms with Crippen molar-refractivity contribution in [1.82, 2.24) is 4.90 Å². The molecule has 2 heterocycles. The fraction of sp³-hybridized carbons (Fsp3) is 0.304. The van der Waals surface area contributed by atoms with E-state index in [1.807, 2.05) is 54.6 Å². The normalized spacial score (nSPS) is 18.3. The Hall–Kier alpha value is -3.12. The van der Waals surface area contributed by atoms with Gasteiger partial charge in [0.05, 0.1) is 25.7 Å². The van der Waals surface area contributed by atoms with Crippen LogP contribution in [0.1, 0.15) is 30.5 Å². The van der Waals surface area contributed by atoms with E-state index in [9.17, 15) is 9.59 Å². The van der Waals surface area contributed by atoms with Crippen molar-refractivity contribution in [2.45, 2.75) is 19.4 Å². The first kappa shape index (κ1) is 19.2. The van der Waals surface area contributed by atoms with E-state index in [0.29, 0.717) is 0 Å². The van der Waals surface area contributed by atoms with Gasteiger partial charge in [0.2, 0.25) is 11.8 Å². The fourth-order valence-electron chi connectivity index (χ4n) is 3.88. The molecular formula is C23H25N3O3. The molecule has 0 bridgehead atoms. The number of hydrogen-bond donors (Lipinski definition) is 1. The SMILES string of the molecule is CC(=O)N1C=Cc2ccccc2C1CC(=O)Nc1ccc(N2CCOCC2)cc1. The van der Waals surface area contributed by atoms with E-state index < -0.39 is 0 Å². The maximum absolute atomic E-state index is 12.7. The zero-order valence-electron chi connectivity index (χ0n) is 16.5. The number of amides is 2. The molecule has 0 aromatic heterocycles. The highest BCUT2D eigenvalue weighted by Gasteiger charge is 2.28. The van der Waals surface area contributed by atoms with Crippen molar-refractivity contribution < 1.29 is 14.3 Å². The number of anilines is 2. The molecule has 6 heteroatoms. The molecule has 1 unspecified atom stereocenters. The molecular weight excluding hydrogens is 366 g/mol. The first-order valence-corrected chi connectivity index (χ1v) is 9.90. The summed E-state index contributed by atoms with van der Waals surface area (Å²) in [5.41, 5.74) is 3.90. The van der Waals surface area contributed by atoms with E-state index >= 15 is 0 Å². The Morgan fingerprint density at radius 2 is 1.79 bits per heavy atom. The minimum atomic E-state index is -0.304. The molecule has 2 amide bonds. The summed E-state index contributed by atoms with van der Waals surface area (Å²) in [6.07, 6.45) is 3.88. The van der Waals surface area contributed by atoms with Crippen LogP contribution in [0.2, 0.25) is 0 Å². The van der Waals surface area contributed by atoms with Crippen LogP contribution in [0.3, 0.4) is 0 Å². The zero-order chi connectivity index (χ0) is 20.2. The molecule has 0 saturated carbocycles. The highest BCUT2D eigenvalue weighted by molar-refractivity contribution is 5.92. The Morgan fingerprint density at radius 1 is 1.07 bits per heavy atom. The van der Waals surface area contributed by atoms with Gasteiger partial charge in [-0.25, -0.2) is 0 Å². The van der Waals surface area contributed by atoms with Crippen LogP contribution >= 0.6 is 0 Å². The predicted molar refractivity (Wildman–Crippen MR) is 113 cm³/mol. The molecule has 0 radical (unpaired) electrons. The average molecular weight is 391 g/mol. The van der Waals surface area contributed by atoms with Crippen LogP contribution in [0.4, 0.5) is 11.4 Å². The van der Waals surface area contributed by atoms with Crippen molar-refractivity contribution in [3.8, 4) is 0 Å². The van der Waals surface area contributed by atoms with E-state index in [1.165, 1.54) is 6.92 Å². The number of rotatable bonds is 4. The van der Waals surface area contributed by atoms with E-state index in [1.54, 1.807) is 11.1 Å². The van der Waals surface area contributed by atoms with Gasteiger partial charge in [-0.1, -0.05) is 24.3 Å². The summed E-state index contributed by atoms with van der Waals surface area (Å²) in [5.74, 6) is -0.200. The molecule has 29 heavy (non-hydrogen) atoms. The lowest BCUT2D eigenvalue weighted by Gasteiger charge is -2.32. The standard InChI is InChI=1S/C23H25N3O3/c1-17(27)26-11-10-18-4-2-3-5-21(18)22(26)16-23(28)24-19-6-8-20(9-7-19)25-12-14-29-15-13-25/h2-11,22H,12-16H2,1H3,(H,24,28). The number of nitrogens with zero attached hydrogens (tertiary/aromatic N) is 2. The molecule has 2 aliphatic heterocycles. The minimum Gasteiger partial charge on any atom is -0.378 e. The molecule has 0 aliphatic carbocycles. The molecule has 4 rings (SSSR count). The van der Waals surface area contributed by atoms with Crippen LogP contribution in [-0.2, 0) is 14.3 Å². The van der Waals surface area contributed by atoms with Gasteiger partial charge in [0.25, 0.3) is 0 Å². The van der Waals surface area contributed by atoms with Crippen LogP contribution in [0, 0.1) is 0 Å². The third kappa shape index (κ3) is 4.32. The van der Waals surface area contributed by atoms with E-state index in [0.717, 1.165) is 48.8 Å².